The third-order valence-electron chi connectivity index (χ3n) is 5.96. The number of anilines is 2. The van der Waals surface area contributed by atoms with E-state index in [4.69, 9.17) is 4.98 Å². The van der Waals surface area contributed by atoms with Crippen molar-refractivity contribution in [1.29, 1.82) is 0 Å². The van der Waals surface area contributed by atoms with E-state index < -0.39 is 0 Å². The van der Waals surface area contributed by atoms with Crippen molar-refractivity contribution >= 4 is 22.4 Å². The Morgan fingerprint density at radius 2 is 1.71 bits per heavy atom. The smallest absolute Gasteiger partial charge is 0.165 e. The Hall–Kier alpha value is -3.47. The zero-order valence-electron chi connectivity index (χ0n) is 17.8. The number of benzene rings is 3. The molecular formula is C26H25FN4. The van der Waals surface area contributed by atoms with Gasteiger partial charge in [0.1, 0.15) is 11.6 Å². The van der Waals surface area contributed by atoms with Crippen LogP contribution in [0.3, 0.4) is 0 Å². The molecule has 1 aliphatic heterocycles. The van der Waals surface area contributed by atoms with E-state index in [0.29, 0.717) is 17.4 Å². The number of aryl methyl sites for hydroxylation is 1. The molecule has 0 amide bonds. The summed E-state index contributed by atoms with van der Waals surface area (Å²) in [7, 11) is 0. The lowest BCUT2D eigenvalue weighted by atomic mass is 10.1. The van der Waals surface area contributed by atoms with Gasteiger partial charge in [-0.3, -0.25) is 0 Å². The molecule has 0 spiro atoms. The molecule has 1 saturated heterocycles. The van der Waals surface area contributed by atoms with Gasteiger partial charge in [0.05, 0.1) is 11.1 Å². The van der Waals surface area contributed by atoms with Crippen LogP contribution >= 0.6 is 0 Å². The molecule has 0 aliphatic carbocycles. The van der Waals surface area contributed by atoms with Crippen molar-refractivity contribution in [1.82, 2.24) is 9.97 Å². The molecule has 31 heavy (non-hydrogen) atoms. The molecular weight excluding hydrogens is 387 g/mol. The van der Waals surface area contributed by atoms with Crippen LogP contribution in [0.4, 0.5) is 15.9 Å². The molecule has 4 nitrogen and oxygen atoms in total. The highest BCUT2D eigenvalue weighted by Crippen LogP contribution is 2.31. The molecule has 1 fully saturated rings. The number of aromatic nitrogens is 2. The fourth-order valence-corrected chi connectivity index (χ4v) is 4.40. The lowest BCUT2D eigenvalue weighted by Crippen LogP contribution is -2.52. The summed E-state index contributed by atoms with van der Waals surface area (Å²) in [6, 6.07) is 23.7. The lowest BCUT2D eigenvalue weighted by molar-refractivity contribution is 0.548. The fraction of sp³-hybridized carbons (Fsp3) is 0.231. The monoisotopic (exact) mass is 412 g/mol. The van der Waals surface area contributed by atoms with E-state index >= 15 is 0 Å². The number of fused-ring (bicyclic) bond motifs is 1. The molecule has 0 bridgehead atoms. The average Bonchev–Trinajstić information content (AvgIpc) is 2.78. The van der Waals surface area contributed by atoms with Gasteiger partial charge in [0, 0.05) is 36.7 Å². The van der Waals surface area contributed by atoms with Gasteiger partial charge >= 0.3 is 0 Å². The molecule has 1 unspecified atom stereocenters. The Morgan fingerprint density at radius 1 is 0.903 bits per heavy atom. The first kappa shape index (κ1) is 19.5. The second-order valence-electron chi connectivity index (χ2n) is 8.20. The SMILES string of the molecule is Cc1cccc(N2CCN(c3nc(-c4ccccc4F)nc4ccccc34)CC2C)c1. The summed E-state index contributed by atoms with van der Waals surface area (Å²) in [5.74, 6) is 1.00. The summed E-state index contributed by atoms with van der Waals surface area (Å²) in [6.07, 6.45) is 0. The Morgan fingerprint density at radius 3 is 2.52 bits per heavy atom. The molecule has 156 valence electrons. The van der Waals surface area contributed by atoms with E-state index in [1.165, 1.54) is 17.3 Å². The van der Waals surface area contributed by atoms with Gasteiger partial charge in [-0.15, -0.1) is 0 Å². The van der Waals surface area contributed by atoms with Crippen LogP contribution in [0.2, 0.25) is 0 Å². The first-order chi connectivity index (χ1) is 15.1. The van der Waals surface area contributed by atoms with Crippen LogP contribution in [0.15, 0.2) is 72.8 Å². The maximum absolute atomic E-state index is 14.5. The molecule has 5 heteroatoms. The second-order valence-corrected chi connectivity index (χ2v) is 8.20. The van der Waals surface area contributed by atoms with E-state index in [9.17, 15) is 4.39 Å². The van der Waals surface area contributed by atoms with E-state index in [0.717, 1.165) is 36.4 Å². The molecule has 3 aromatic carbocycles. The second kappa shape index (κ2) is 7.99. The van der Waals surface area contributed by atoms with Gasteiger partial charge in [0.15, 0.2) is 5.82 Å². The predicted molar refractivity (Wildman–Crippen MR) is 125 cm³/mol. The summed E-state index contributed by atoms with van der Waals surface area (Å²) < 4.78 is 14.5. The minimum absolute atomic E-state index is 0.304. The molecule has 1 atom stereocenters. The van der Waals surface area contributed by atoms with Gasteiger partial charge in [-0.25, -0.2) is 14.4 Å². The Kier molecular flexibility index (Phi) is 5.02. The average molecular weight is 413 g/mol. The van der Waals surface area contributed by atoms with Crippen molar-refractivity contribution in [3.63, 3.8) is 0 Å². The normalized spacial score (nSPS) is 16.7. The van der Waals surface area contributed by atoms with Crippen LogP contribution in [0.5, 0.6) is 0 Å². The summed E-state index contributed by atoms with van der Waals surface area (Å²) >= 11 is 0. The maximum Gasteiger partial charge on any atom is 0.165 e. The van der Waals surface area contributed by atoms with Crippen molar-refractivity contribution in [2.45, 2.75) is 19.9 Å². The number of hydrogen-bond acceptors (Lipinski definition) is 4. The molecule has 1 aromatic heterocycles. The van der Waals surface area contributed by atoms with E-state index in [1.807, 2.05) is 30.3 Å². The highest BCUT2D eigenvalue weighted by atomic mass is 19.1. The number of nitrogens with zero attached hydrogens (tertiary/aromatic N) is 4. The molecule has 0 N–H and O–H groups in total. The zero-order chi connectivity index (χ0) is 21.4. The van der Waals surface area contributed by atoms with Crippen molar-refractivity contribution in [3.8, 4) is 11.4 Å². The Labute approximate surface area is 182 Å². The van der Waals surface area contributed by atoms with Crippen molar-refractivity contribution in [2.24, 2.45) is 0 Å². The third kappa shape index (κ3) is 3.72. The maximum atomic E-state index is 14.5. The van der Waals surface area contributed by atoms with Crippen LogP contribution < -0.4 is 9.80 Å². The zero-order valence-corrected chi connectivity index (χ0v) is 17.8. The first-order valence-corrected chi connectivity index (χ1v) is 10.7. The summed E-state index contributed by atoms with van der Waals surface area (Å²) in [5.41, 5.74) is 3.79. The summed E-state index contributed by atoms with van der Waals surface area (Å²) in [6.45, 7) is 6.96. The first-order valence-electron chi connectivity index (χ1n) is 10.7. The summed E-state index contributed by atoms with van der Waals surface area (Å²) in [5, 5.41) is 0.999. The lowest BCUT2D eigenvalue weighted by Gasteiger charge is -2.42. The van der Waals surface area contributed by atoms with Crippen LogP contribution in [0, 0.1) is 12.7 Å². The third-order valence-corrected chi connectivity index (χ3v) is 5.96. The number of rotatable bonds is 3. The molecule has 5 rings (SSSR count). The summed E-state index contributed by atoms with van der Waals surface area (Å²) in [4.78, 5) is 14.3. The van der Waals surface area contributed by atoms with E-state index in [1.54, 1.807) is 12.1 Å². The molecule has 2 heterocycles. The van der Waals surface area contributed by atoms with Gasteiger partial charge in [0.2, 0.25) is 0 Å². The van der Waals surface area contributed by atoms with Gasteiger partial charge in [-0.1, -0.05) is 36.4 Å². The molecule has 0 radical (unpaired) electrons. The van der Waals surface area contributed by atoms with Gasteiger partial charge < -0.3 is 9.80 Å². The molecule has 4 aromatic rings. The number of hydrogen-bond donors (Lipinski definition) is 0. The minimum atomic E-state index is -0.304. The van der Waals surface area contributed by atoms with Crippen molar-refractivity contribution in [2.75, 3.05) is 29.4 Å². The van der Waals surface area contributed by atoms with Gasteiger partial charge in [-0.05, 0) is 55.8 Å². The van der Waals surface area contributed by atoms with Crippen LogP contribution in [-0.4, -0.2) is 35.6 Å². The van der Waals surface area contributed by atoms with Crippen LogP contribution in [0.1, 0.15) is 12.5 Å². The number of piperazine rings is 1. The Bertz CT molecular complexity index is 1240. The minimum Gasteiger partial charge on any atom is -0.365 e. The van der Waals surface area contributed by atoms with Crippen molar-refractivity contribution < 1.29 is 4.39 Å². The molecule has 1 aliphatic rings. The van der Waals surface area contributed by atoms with Crippen molar-refractivity contribution in [3.05, 3.63) is 84.2 Å². The largest absolute Gasteiger partial charge is 0.365 e. The van der Waals surface area contributed by atoms with Gasteiger partial charge in [-0.2, -0.15) is 0 Å². The van der Waals surface area contributed by atoms with E-state index in [2.05, 4.69) is 52.9 Å². The van der Waals surface area contributed by atoms with Crippen LogP contribution in [0.25, 0.3) is 22.3 Å². The fourth-order valence-electron chi connectivity index (χ4n) is 4.40. The predicted octanol–water partition coefficient (Wildman–Crippen LogP) is 5.46. The number of para-hydroxylation sites is 1. The van der Waals surface area contributed by atoms with Gasteiger partial charge in [0.25, 0.3) is 0 Å². The highest BCUT2D eigenvalue weighted by molar-refractivity contribution is 5.91. The standard InChI is InChI=1S/C26H25FN4/c1-18-8-7-9-20(16-18)31-15-14-30(17-19(31)2)26-22-11-4-6-13-24(22)28-25(29-26)21-10-3-5-12-23(21)27/h3-13,16,19H,14-15,17H2,1-2H3. The number of halogens is 1. The van der Waals surface area contributed by atoms with Crippen LogP contribution in [-0.2, 0) is 0 Å². The Balaban J connectivity index is 1.52. The molecule has 0 saturated carbocycles. The quantitative estimate of drug-likeness (QED) is 0.447. The highest BCUT2D eigenvalue weighted by Gasteiger charge is 2.26. The topological polar surface area (TPSA) is 32.3 Å². The van der Waals surface area contributed by atoms with E-state index in [-0.39, 0.29) is 5.82 Å².